The second kappa shape index (κ2) is 5.36. The highest BCUT2D eigenvalue weighted by Gasteiger charge is 2.09. The Morgan fingerprint density at radius 1 is 1.00 bits per heavy atom. The Balaban J connectivity index is 1.91. The molecule has 2 N–H and O–H groups in total. The van der Waals surface area contributed by atoms with Crippen LogP contribution >= 0.6 is 0 Å². The second-order valence-corrected chi connectivity index (χ2v) is 4.77. The van der Waals surface area contributed by atoms with Gasteiger partial charge in [-0.05, 0) is 29.8 Å². The quantitative estimate of drug-likeness (QED) is 0.801. The number of nitrogen functional groups attached to an aromatic ring is 1. The molecule has 0 spiro atoms. The predicted octanol–water partition coefficient (Wildman–Crippen LogP) is 3.46. The first kappa shape index (κ1) is 13.3. The van der Waals surface area contributed by atoms with Crippen molar-refractivity contribution in [3.63, 3.8) is 0 Å². The van der Waals surface area contributed by atoms with Crippen molar-refractivity contribution in [1.29, 1.82) is 0 Å². The summed E-state index contributed by atoms with van der Waals surface area (Å²) in [4.78, 5) is 0. The number of anilines is 1. The molecule has 0 saturated heterocycles. The minimum Gasteiger partial charge on any atom is -0.396 e. The Morgan fingerprint density at radius 2 is 1.71 bits per heavy atom. The van der Waals surface area contributed by atoms with E-state index in [1.54, 1.807) is 29.1 Å². The molecule has 0 amide bonds. The molecule has 106 valence electrons. The number of benzene rings is 2. The maximum absolute atomic E-state index is 13.3. The van der Waals surface area contributed by atoms with Gasteiger partial charge in [-0.15, -0.1) is 0 Å². The summed E-state index contributed by atoms with van der Waals surface area (Å²) < 4.78 is 28.0. The monoisotopic (exact) mass is 285 g/mol. The van der Waals surface area contributed by atoms with Crippen LogP contribution in [0.5, 0.6) is 0 Å². The third-order valence-electron chi connectivity index (χ3n) is 3.12. The van der Waals surface area contributed by atoms with E-state index in [9.17, 15) is 8.78 Å². The van der Waals surface area contributed by atoms with Crippen molar-refractivity contribution in [3.05, 3.63) is 71.9 Å². The Hall–Kier alpha value is -2.69. The Morgan fingerprint density at radius 3 is 2.43 bits per heavy atom. The van der Waals surface area contributed by atoms with E-state index >= 15 is 0 Å². The fourth-order valence-corrected chi connectivity index (χ4v) is 2.20. The first-order valence-corrected chi connectivity index (χ1v) is 6.45. The van der Waals surface area contributed by atoms with Crippen molar-refractivity contribution in [2.75, 3.05) is 5.73 Å². The van der Waals surface area contributed by atoms with E-state index in [1.165, 1.54) is 24.3 Å². The lowest BCUT2D eigenvalue weighted by Crippen LogP contribution is -2.00. The molecule has 0 fully saturated rings. The van der Waals surface area contributed by atoms with Crippen molar-refractivity contribution < 1.29 is 8.78 Å². The van der Waals surface area contributed by atoms with Crippen LogP contribution in [0.4, 0.5) is 14.5 Å². The lowest BCUT2D eigenvalue weighted by molar-refractivity contribution is 0.619. The number of nitrogens with two attached hydrogens (primary N) is 1. The number of halogens is 2. The molecule has 0 atom stereocenters. The van der Waals surface area contributed by atoms with Crippen LogP contribution in [0.2, 0.25) is 0 Å². The molecule has 0 aliphatic heterocycles. The van der Waals surface area contributed by atoms with Gasteiger partial charge in [0.15, 0.2) is 0 Å². The highest BCUT2D eigenvalue weighted by atomic mass is 19.1. The molecule has 5 heteroatoms. The summed E-state index contributed by atoms with van der Waals surface area (Å²) in [7, 11) is 0. The highest BCUT2D eigenvalue weighted by Crippen LogP contribution is 2.24. The smallest absolute Gasteiger partial charge is 0.123 e. The number of nitrogens with zero attached hydrogens (tertiary/aromatic N) is 2. The van der Waals surface area contributed by atoms with Crippen molar-refractivity contribution >= 4 is 5.69 Å². The zero-order chi connectivity index (χ0) is 14.8. The molecule has 21 heavy (non-hydrogen) atoms. The minimum atomic E-state index is -0.341. The molecule has 0 bridgehead atoms. The van der Waals surface area contributed by atoms with Crippen molar-refractivity contribution in [1.82, 2.24) is 9.78 Å². The molecule has 1 aromatic heterocycles. The highest BCUT2D eigenvalue weighted by molar-refractivity contribution is 5.71. The van der Waals surface area contributed by atoms with Crippen LogP contribution in [0, 0.1) is 11.6 Å². The maximum Gasteiger partial charge on any atom is 0.123 e. The van der Waals surface area contributed by atoms with E-state index < -0.39 is 0 Å². The number of rotatable bonds is 3. The molecule has 0 unspecified atom stereocenters. The molecule has 0 aliphatic carbocycles. The topological polar surface area (TPSA) is 43.8 Å². The number of aromatic nitrogens is 2. The van der Waals surface area contributed by atoms with Gasteiger partial charge < -0.3 is 5.73 Å². The molecule has 0 saturated carbocycles. The molecular formula is C16H13F2N3. The van der Waals surface area contributed by atoms with E-state index in [-0.39, 0.29) is 11.6 Å². The molecular weight excluding hydrogens is 272 g/mol. The molecule has 0 radical (unpaired) electrons. The average Bonchev–Trinajstić information content (AvgIpc) is 2.79. The molecule has 3 nitrogen and oxygen atoms in total. The van der Waals surface area contributed by atoms with Gasteiger partial charge >= 0.3 is 0 Å². The van der Waals surface area contributed by atoms with Crippen LogP contribution in [0.25, 0.3) is 11.3 Å². The third kappa shape index (κ3) is 2.91. The summed E-state index contributed by atoms with van der Waals surface area (Å²) in [6, 6.07) is 12.4. The predicted molar refractivity (Wildman–Crippen MR) is 77.5 cm³/mol. The SMILES string of the molecule is Nc1cn(Cc2cccc(F)c2)nc1-c1cccc(F)c1. The standard InChI is InChI=1S/C16H13F2N3/c17-13-5-1-3-11(7-13)9-21-10-15(19)16(20-21)12-4-2-6-14(18)8-12/h1-8,10H,9,19H2. The summed E-state index contributed by atoms with van der Waals surface area (Å²) in [6.07, 6.45) is 1.66. The van der Waals surface area contributed by atoms with Crippen LogP contribution in [0.1, 0.15) is 5.56 Å². The lowest BCUT2D eigenvalue weighted by atomic mass is 10.1. The number of hydrogen-bond donors (Lipinski definition) is 1. The van der Waals surface area contributed by atoms with Crippen molar-refractivity contribution in [2.24, 2.45) is 0 Å². The largest absolute Gasteiger partial charge is 0.396 e. The van der Waals surface area contributed by atoms with E-state index in [4.69, 9.17) is 5.73 Å². The molecule has 1 heterocycles. The Kier molecular flexibility index (Phi) is 3.39. The van der Waals surface area contributed by atoms with E-state index in [1.807, 2.05) is 6.07 Å². The van der Waals surface area contributed by atoms with Gasteiger partial charge in [0.05, 0.1) is 12.2 Å². The van der Waals surface area contributed by atoms with Gasteiger partial charge in [0.1, 0.15) is 17.3 Å². The fourth-order valence-electron chi connectivity index (χ4n) is 2.20. The molecule has 0 aliphatic rings. The summed E-state index contributed by atoms with van der Waals surface area (Å²) >= 11 is 0. The molecule has 2 aromatic carbocycles. The first-order chi connectivity index (χ1) is 10.1. The zero-order valence-electron chi connectivity index (χ0n) is 11.1. The Bertz CT molecular complexity index is 781. The van der Waals surface area contributed by atoms with Crippen LogP contribution in [-0.2, 0) is 6.54 Å². The summed E-state index contributed by atoms with van der Waals surface area (Å²) in [5.41, 5.74) is 8.30. The Labute approximate surface area is 120 Å². The van der Waals surface area contributed by atoms with Gasteiger partial charge in [0.25, 0.3) is 0 Å². The molecule has 3 aromatic rings. The first-order valence-electron chi connectivity index (χ1n) is 6.45. The maximum atomic E-state index is 13.3. The summed E-state index contributed by atoms with van der Waals surface area (Å²) in [6.45, 7) is 0.400. The van der Waals surface area contributed by atoms with Gasteiger partial charge in [-0.2, -0.15) is 5.10 Å². The van der Waals surface area contributed by atoms with Crippen LogP contribution in [0.15, 0.2) is 54.7 Å². The fraction of sp³-hybridized carbons (Fsp3) is 0.0625. The van der Waals surface area contributed by atoms with Gasteiger partial charge in [0.2, 0.25) is 0 Å². The third-order valence-corrected chi connectivity index (χ3v) is 3.12. The van der Waals surface area contributed by atoms with E-state index in [0.717, 1.165) is 5.56 Å². The molecule has 3 rings (SSSR count). The number of hydrogen-bond acceptors (Lipinski definition) is 2. The summed E-state index contributed by atoms with van der Waals surface area (Å²) in [5.74, 6) is -0.635. The minimum absolute atomic E-state index is 0.294. The average molecular weight is 285 g/mol. The van der Waals surface area contributed by atoms with Gasteiger partial charge in [-0.3, -0.25) is 4.68 Å². The van der Waals surface area contributed by atoms with Gasteiger partial charge in [0, 0.05) is 11.8 Å². The van der Waals surface area contributed by atoms with Gasteiger partial charge in [-0.25, -0.2) is 8.78 Å². The van der Waals surface area contributed by atoms with Crippen molar-refractivity contribution in [2.45, 2.75) is 6.54 Å². The van der Waals surface area contributed by atoms with Gasteiger partial charge in [-0.1, -0.05) is 24.3 Å². The zero-order valence-corrected chi connectivity index (χ0v) is 11.1. The lowest BCUT2D eigenvalue weighted by Gasteiger charge is -2.02. The normalized spacial score (nSPS) is 10.8. The second-order valence-electron chi connectivity index (χ2n) is 4.77. The van der Waals surface area contributed by atoms with E-state index in [0.29, 0.717) is 23.5 Å². The van der Waals surface area contributed by atoms with Crippen LogP contribution in [-0.4, -0.2) is 9.78 Å². The van der Waals surface area contributed by atoms with E-state index in [2.05, 4.69) is 5.10 Å². The van der Waals surface area contributed by atoms with Crippen LogP contribution in [0.3, 0.4) is 0 Å². The van der Waals surface area contributed by atoms with Crippen molar-refractivity contribution in [3.8, 4) is 11.3 Å². The summed E-state index contributed by atoms with van der Waals surface area (Å²) in [5, 5.41) is 4.35. The van der Waals surface area contributed by atoms with Crippen LogP contribution < -0.4 is 5.73 Å².